The lowest BCUT2D eigenvalue weighted by molar-refractivity contribution is 0.686. The fourth-order valence-corrected chi connectivity index (χ4v) is 3.96. The summed E-state index contributed by atoms with van der Waals surface area (Å²) in [4.78, 5) is 19.7. The molecule has 3 heterocycles. The van der Waals surface area contributed by atoms with Crippen molar-refractivity contribution in [2.75, 3.05) is 0 Å². The molecule has 160 valence electrons. The lowest BCUT2D eigenvalue weighted by atomic mass is 9.98. The van der Waals surface area contributed by atoms with Gasteiger partial charge in [0.25, 0.3) is 0 Å². The number of benzene rings is 2. The van der Waals surface area contributed by atoms with Crippen LogP contribution in [-0.4, -0.2) is 35.2 Å². The van der Waals surface area contributed by atoms with Crippen molar-refractivity contribution in [3.05, 3.63) is 82.4 Å². The van der Waals surface area contributed by atoms with Crippen molar-refractivity contribution >= 4 is 11.2 Å². The number of tetrazole rings is 1. The molecule has 0 saturated carbocycles. The maximum absolute atomic E-state index is 11.9. The van der Waals surface area contributed by atoms with Gasteiger partial charge in [0.1, 0.15) is 17.0 Å². The maximum atomic E-state index is 11.9. The van der Waals surface area contributed by atoms with Crippen LogP contribution in [0.2, 0.25) is 0 Å². The number of unbranched alkanes of at least 4 members (excludes halogenated alkanes) is 1. The third-order valence-corrected chi connectivity index (χ3v) is 5.59. The average molecular weight is 425 g/mol. The van der Waals surface area contributed by atoms with Gasteiger partial charge in [-0.1, -0.05) is 61.9 Å². The number of H-pyrrole nitrogens is 2. The van der Waals surface area contributed by atoms with E-state index in [1.807, 2.05) is 18.2 Å². The molecule has 0 spiro atoms. The zero-order valence-electron chi connectivity index (χ0n) is 17.7. The first-order valence-corrected chi connectivity index (χ1v) is 10.7. The molecule has 3 aromatic heterocycles. The molecule has 0 amide bonds. The quantitative estimate of drug-likeness (QED) is 0.411. The molecule has 0 bridgehead atoms. The SMILES string of the molecule is CCCCc1nc2ccc(=O)[nH]c2n1Cc1ccc(-c2ccccc2-c2nnn[nH]2)cc1. The largest absolute Gasteiger partial charge is 0.310 e. The van der Waals surface area contributed by atoms with Crippen molar-refractivity contribution in [1.29, 1.82) is 0 Å². The van der Waals surface area contributed by atoms with Crippen LogP contribution in [0.1, 0.15) is 31.2 Å². The summed E-state index contributed by atoms with van der Waals surface area (Å²) in [7, 11) is 0. The van der Waals surface area contributed by atoms with Crippen molar-refractivity contribution in [3.63, 3.8) is 0 Å². The molecule has 8 nitrogen and oxygen atoms in total. The minimum atomic E-state index is -0.116. The molecule has 8 heteroatoms. The normalized spacial score (nSPS) is 11.3. The zero-order chi connectivity index (χ0) is 21.9. The molecule has 0 radical (unpaired) electrons. The van der Waals surface area contributed by atoms with Gasteiger partial charge in [-0.15, -0.1) is 5.10 Å². The molecule has 2 N–H and O–H groups in total. The number of imidazole rings is 1. The molecule has 0 aliphatic rings. The lowest BCUT2D eigenvalue weighted by Gasteiger charge is -2.11. The molecular formula is C24H23N7O. The van der Waals surface area contributed by atoms with Crippen molar-refractivity contribution < 1.29 is 0 Å². The fourth-order valence-electron chi connectivity index (χ4n) is 3.96. The predicted molar refractivity (Wildman–Crippen MR) is 123 cm³/mol. The molecule has 0 fully saturated rings. The number of rotatable bonds is 7. The summed E-state index contributed by atoms with van der Waals surface area (Å²) in [6.07, 6.45) is 3.03. The Balaban J connectivity index is 1.48. The highest BCUT2D eigenvalue weighted by Gasteiger charge is 2.13. The number of pyridine rings is 1. The van der Waals surface area contributed by atoms with Crippen molar-refractivity contribution in [2.45, 2.75) is 32.7 Å². The van der Waals surface area contributed by atoms with Gasteiger partial charge in [-0.2, -0.15) is 0 Å². The number of fused-ring (bicyclic) bond motifs is 1. The van der Waals surface area contributed by atoms with Gasteiger partial charge in [0.15, 0.2) is 5.82 Å². The first-order valence-electron chi connectivity index (χ1n) is 10.7. The van der Waals surface area contributed by atoms with E-state index in [0.29, 0.717) is 12.4 Å². The van der Waals surface area contributed by atoms with Crippen LogP contribution in [0.5, 0.6) is 0 Å². The number of aromatic nitrogens is 7. The molecule has 2 aromatic carbocycles. The summed E-state index contributed by atoms with van der Waals surface area (Å²) in [5, 5.41) is 14.3. The summed E-state index contributed by atoms with van der Waals surface area (Å²) >= 11 is 0. The van der Waals surface area contributed by atoms with E-state index in [4.69, 9.17) is 4.98 Å². The number of aromatic amines is 2. The first-order chi connectivity index (χ1) is 15.7. The summed E-state index contributed by atoms with van der Waals surface area (Å²) in [5.41, 5.74) is 5.70. The summed E-state index contributed by atoms with van der Waals surface area (Å²) in [6.45, 7) is 2.81. The van der Waals surface area contributed by atoms with Crippen molar-refractivity contribution in [2.24, 2.45) is 0 Å². The molecule has 5 aromatic rings. The van der Waals surface area contributed by atoms with Gasteiger partial charge < -0.3 is 9.55 Å². The zero-order valence-corrected chi connectivity index (χ0v) is 17.7. The topological polar surface area (TPSA) is 105 Å². The summed E-state index contributed by atoms with van der Waals surface area (Å²) in [6, 6.07) is 19.8. The van der Waals surface area contributed by atoms with E-state index in [9.17, 15) is 4.79 Å². The van der Waals surface area contributed by atoms with Gasteiger partial charge in [-0.25, -0.2) is 10.1 Å². The standard InChI is InChI=1S/C24H23N7O/c1-2-3-8-21-25-20-13-14-22(32)26-24(20)31(21)15-16-9-11-17(12-10-16)18-6-4-5-7-19(18)23-27-29-30-28-23/h4-7,9-14H,2-3,8,15H2,1H3,(H,26,32)(H,27,28,29,30). The van der Waals surface area contributed by atoms with Crippen LogP contribution in [0.25, 0.3) is 33.7 Å². The Kier molecular flexibility index (Phi) is 5.33. The Bertz CT molecular complexity index is 1400. The van der Waals surface area contributed by atoms with E-state index in [1.165, 1.54) is 6.07 Å². The van der Waals surface area contributed by atoms with Crippen molar-refractivity contribution in [3.8, 4) is 22.5 Å². The third kappa shape index (κ3) is 3.82. The smallest absolute Gasteiger partial charge is 0.249 e. The van der Waals surface area contributed by atoms with Crippen LogP contribution < -0.4 is 5.56 Å². The van der Waals surface area contributed by atoms with Gasteiger partial charge in [-0.3, -0.25) is 4.79 Å². The third-order valence-electron chi connectivity index (χ3n) is 5.59. The minimum absolute atomic E-state index is 0.116. The Morgan fingerprint density at radius 2 is 1.78 bits per heavy atom. The molecule has 0 aliphatic carbocycles. The molecule has 5 rings (SSSR count). The van der Waals surface area contributed by atoms with E-state index < -0.39 is 0 Å². The second-order valence-corrected chi connectivity index (χ2v) is 7.77. The highest BCUT2D eigenvalue weighted by molar-refractivity contribution is 5.80. The minimum Gasteiger partial charge on any atom is -0.310 e. The van der Waals surface area contributed by atoms with Crippen LogP contribution in [0.15, 0.2) is 65.5 Å². The number of hydrogen-bond acceptors (Lipinski definition) is 5. The second kappa shape index (κ2) is 8.58. The van der Waals surface area contributed by atoms with Crippen molar-refractivity contribution in [1.82, 2.24) is 35.2 Å². The van der Waals surface area contributed by atoms with Gasteiger partial charge in [0.05, 0.1) is 6.54 Å². The van der Waals surface area contributed by atoms with Gasteiger partial charge in [0, 0.05) is 18.1 Å². The Hall–Kier alpha value is -4.07. The Morgan fingerprint density at radius 3 is 2.53 bits per heavy atom. The van der Waals surface area contributed by atoms with E-state index in [2.05, 4.69) is 67.4 Å². The Morgan fingerprint density at radius 1 is 0.969 bits per heavy atom. The average Bonchev–Trinajstić information content (AvgIpc) is 3.47. The van der Waals surface area contributed by atoms with E-state index in [1.54, 1.807) is 6.07 Å². The molecule has 0 atom stereocenters. The van der Waals surface area contributed by atoms with E-state index in [-0.39, 0.29) is 5.56 Å². The van der Waals surface area contributed by atoms with Crippen LogP contribution >= 0.6 is 0 Å². The number of aryl methyl sites for hydroxylation is 1. The number of hydrogen-bond donors (Lipinski definition) is 2. The van der Waals surface area contributed by atoms with Gasteiger partial charge >= 0.3 is 0 Å². The maximum Gasteiger partial charge on any atom is 0.249 e. The fraction of sp³-hybridized carbons (Fsp3) is 0.208. The monoisotopic (exact) mass is 425 g/mol. The highest BCUT2D eigenvalue weighted by Crippen LogP contribution is 2.30. The molecule has 0 aliphatic heterocycles. The van der Waals surface area contributed by atoms with Crippen LogP contribution in [0, 0.1) is 0 Å². The van der Waals surface area contributed by atoms with Gasteiger partial charge in [-0.05, 0) is 39.6 Å². The molecular weight excluding hydrogens is 402 g/mol. The van der Waals surface area contributed by atoms with Gasteiger partial charge in [0.2, 0.25) is 5.56 Å². The summed E-state index contributed by atoms with van der Waals surface area (Å²) < 4.78 is 2.12. The van der Waals surface area contributed by atoms with Crippen LogP contribution in [-0.2, 0) is 13.0 Å². The number of nitrogens with zero attached hydrogens (tertiary/aromatic N) is 5. The van der Waals surface area contributed by atoms with E-state index >= 15 is 0 Å². The second-order valence-electron chi connectivity index (χ2n) is 7.77. The number of nitrogens with one attached hydrogen (secondary N) is 2. The highest BCUT2D eigenvalue weighted by atomic mass is 16.1. The molecule has 0 saturated heterocycles. The molecule has 0 unspecified atom stereocenters. The molecule has 32 heavy (non-hydrogen) atoms. The van der Waals surface area contributed by atoms with E-state index in [0.717, 1.165) is 58.5 Å². The Labute approximate surface area is 184 Å². The van der Waals surface area contributed by atoms with Crippen LogP contribution in [0.4, 0.5) is 0 Å². The predicted octanol–water partition coefficient (Wildman–Crippen LogP) is 3.96. The summed E-state index contributed by atoms with van der Waals surface area (Å²) in [5.74, 6) is 1.63. The first kappa shape index (κ1) is 19.9. The van der Waals surface area contributed by atoms with Crippen LogP contribution in [0.3, 0.4) is 0 Å². The lowest BCUT2D eigenvalue weighted by Crippen LogP contribution is -2.09.